The number of rotatable bonds is 4. The maximum absolute atomic E-state index is 11.0. The Morgan fingerprint density at radius 3 is 2.68 bits per heavy atom. The number of allylic oxidation sites excluding steroid dienone is 2. The van der Waals surface area contributed by atoms with E-state index in [2.05, 4.69) is 39.8 Å². The van der Waals surface area contributed by atoms with Gasteiger partial charge in [0.05, 0.1) is 5.54 Å². The molecule has 1 aliphatic rings. The minimum atomic E-state index is -0.431. The number of nitrogens with zero attached hydrogens (tertiary/aromatic N) is 2. The van der Waals surface area contributed by atoms with Crippen LogP contribution in [-0.2, 0) is 10.3 Å². The molecule has 1 atom stereocenters. The van der Waals surface area contributed by atoms with Crippen molar-refractivity contribution in [3.8, 4) is 0 Å². The predicted molar refractivity (Wildman–Crippen MR) is 85.5 cm³/mol. The molecular formula is C17H18N4O. The fourth-order valence-electron chi connectivity index (χ4n) is 2.79. The van der Waals surface area contributed by atoms with Gasteiger partial charge in [0.25, 0.3) is 0 Å². The minimum Gasteiger partial charge on any atom is -0.354 e. The van der Waals surface area contributed by atoms with Crippen LogP contribution < -0.4 is 5.32 Å². The Morgan fingerprint density at radius 2 is 2.09 bits per heavy atom. The number of benzene rings is 1. The largest absolute Gasteiger partial charge is 0.354 e. The quantitative estimate of drug-likeness (QED) is 0.851. The first kappa shape index (κ1) is 14.3. The molecular weight excluding hydrogens is 276 g/mol. The molecule has 0 bridgehead atoms. The van der Waals surface area contributed by atoms with Gasteiger partial charge in [0.2, 0.25) is 0 Å². The molecule has 0 saturated carbocycles. The first-order valence-electron chi connectivity index (χ1n) is 7.21. The lowest BCUT2D eigenvalue weighted by Crippen LogP contribution is -2.35. The summed E-state index contributed by atoms with van der Waals surface area (Å²) in [5, 5.41) is 14.4. The molecule has 0 radical (unpaired) electrons. The standard InChI is InChI=1S/C17H18N4O/c1-12-5-3-4-6-15(12)17(9-7-14(11-22)8-10-17)18-16-13(2)19-21-20-16/h3-9,11H,10H2,1-2H3,(H2,18,19,20,21). The van der Waals surface area contributed by atoms with E-state index in [-0.39, 0.29) is 0 Å². The normalized spacial score (nSPS) is 20.5. The molecule has 2 N–H and O–H groups in total. The number of hydrogen-bond donors (Lipinski definition) is 2. The molecule has 0 saturated heterocycles. The molecule has 1 aromatic heterocycles. The van der Waals surface area contributed by atoms with Crippen molar-refractivity contribution in [2.24, 2.45) is 0 Å². The van der Waals surface area contributed by atoms with Crippen LogP contribution in [0.25, 0.3) is 0 Å². The van der Waals surface area contributed by atoms with Gasteiger partial charge in [0, 0.05) is 5.57 Å². The van der Waals surface area contributed by atoms with Crippen LogP contribution in [0.4, 0.5) is 5.82 Å². The zero-order chi connectivity index (χ0) is 15.6. The molecule has 5 heteroatoms. The third-order valence-electron chi connectivity index (χ3n) is 4.05. The molecule has 0 aliphatic heterocycles. The summed E-state index contributed by atoms with van der Waals surface area (Å²) in [5.41, 5.74) is 3.42. The van der Waals surface area contributed by atoms with E-state index in [9.17, 15) is 4.79 Å². The van der Waals surface area contributed by atoms with Gasteiger partial charge in [-0.15, -0.1) is 5.10 Å². The Balaban J connectivity index is 2.06. The Kier molecular flexibility index (Phi) is 3.63. The Morgan fingerprint density at radius 1 is 1.27 bits per heavy atom. The van der Waals surface area contributed by atoms with Crippen molar-refractivity contribution in [3.63, 3.8) is 0 Å². The molecule has 1 heterocycles. The molecule has 1 unspecified atom stereocenters. The second-order valence-corrected chi connectivity index (χ2v) is 5.53. The lowest BCUT2D eigenvalue weighted by Gasteiger charge is -2.35. The van der Waals surface area contributed by atoms with Crippen molar-refractivity contribution < 1.29 is 4.79 Å². The highest BCUT2D eigenvalue weighted by molar-refractivity contribution is 5.78. The van der Waals surface area contributed by atoms with Gasteiger partial charge in [0.1, 0.15) is 12.0 Å². The second kappa shape index (κ2) is 5.60. The number of anilines is 1. The fourth-order valence-corrected chi connectivity index (χ4v) is 2.79. The number of carbonyl (C=O) groups is 1. The SMILES string of the molecule is Cc1ccccc1C1(Nc2n[nH]nc2C)C=CC(C=O)=CC1. The van der Waals surface area contributed by atoms with E-state index in [4.69, 9.17) is 0 Å². The summed E-state index contributed by atoms with van der Waals surface area (Å²) in [4.78, 5) is 11.0. The van der Waals surface area contributed by atoms with Gasteiger partial charge >= 0.3 is 0 Å². The Labute approximate surface area is 129 Å². The second-order valence-electron chi connectivity index (χ2n) is 5.53. The average Bonchev–Trinajstić information content (AvgIpc) is 2.93. The molecule has 3 rings (SSSR count). The monoisotopic (exact) mass is 294 g/mol. The molecule has 1 aliphatic carbocycles. The van der Waals surface area contributed by atoms with Crippen LogP contribution in [0.3, 0.4) is 0 Å². The summed E-state index contributed by atoms with van der Waals surface area (Å²) in [6.45, 7) is 3.98. The van der Waals surface area contributed by atoms with Crippen molar-refractivity contribution in [3.05, 3.63) is 64.9 Å². The zero-order valence-corrected chi connectivity index (χ0v) is 12.6. The van der Waals surface area contributed by atoms with Gasteiger partial charge in [0.15, 0.2) is 5.82 Å². The molecule has 0 spiro atoms. The lowest BCUT2D eigenvalue weighted by molar-refractivity contribution is -0.104. The summed E-state index contributed by atoms with van der Waals surface area (Å²) < 4.78 is 0. The topological polar surface area (TPSA) is 70.7 Å². The highest BCUT2D eigenvalue weighted by atomic mass is 16.1. The number of aldehydes is 1. The van der Waals surface area contributed by atoms with Crippen molar-refractivity contribution in [2.75, 3.05) is 5.32 Å². The summed E-state index contributed by atoms with van der Waals surface area (Å²) in [6, 6.07) is 8.23. The third-order valence-corrected chi connectivity index (χ3v) is 4.05. The molecule has 1 aromatic carbocycles. The maximum Gasteiger partial charge on any atom is 0.172 e. The van der Waals surface area contributed by atoms with E-state index in [1.807, 2.05) is 37.3 Å². The van der Waals surface area contributed by atoms with Gasteiger partial charge in [-0.3, -0.25) is 4.79 Å². The van der Waals surface area contributed by atoms with Gasteiger partial charge in [-0.1, -0.05) is 42.5 Å². The first-order valence-corrected chi connectivity index (χ1v) is 7.21. The minimum absolute atomic E-state index is 0.431. The number of aromatic amines is 1. The Hall–Kier alpha value is -2.69. The predicted octanol–water partition coefficient (Wildman–Crippen LogP) is 2.81. The summed E-state index contributed by atoms with van der Waals surface area (Å²) in [6.07, 6.45) is 7.38. The lowest BCUT2D eigenvalue weighted by atomic mass is 9.80. The molecule has 0 fully saturated rings. The van der Waals surface area contributed by atoms with Gasteiger partial charge in [-0.25, -0.2) is 0 Å². The highest BCUT2D eigenvalue weighted by Crippen LogP contribution is 2.36. The molecule has 0 amide bonds. The summed E-state index contributed by atoms with van der Waals surface area (Å²) >= 11 is 0. The van der Waals surface area contributed by atoms with Crippen LogP contribution in [0.1, 0.15) is 23.2 Å². The van der Waals surface area contributed by atoms with Crippen LogP contribution in [0.2, 0.25) is 0 Å². The third kappa shape index (κ3) is 2.45. The fraction of sp³-hybridized carbons (Fsp3) is 0.235. The van der Waals surface area contributed by atoms with Gasteiger partial charge in [-0.2, -0.15) is 10.3 Å². The van der Waals surface area contributed by atoms with E-state index in [0.717, 1.165) is 23.4 Å². The molecule has 112 valence electrons. The van der Waals surface area contributed by atoms with Crippen LogP contribution in [0.15, 0.2) is 48.1 Å². The first-order chi connectivity index (χ1) is 10.6. The van der Waals surface area contributed by atoms with Crippen molar-refractivity contribution in [1.82, 2.24) is 15.4 Å². The van der Waals surface area contributed by atoms with E-state index in [1.54, 1.807) is 0 Å². The maximum atomic E-state index is 11.0. The van der Waals surface area contributed by atoms with E-state index < -0.39 is 5.54 Å². The molecule has 2 aromatic rings. The molecule has 22 heavy (non-hydrogen) atoms. The smallest absolute Gasteiger partial charge is 0.172 e. The van der Waals surface area contributed by atoms with Crippen molar-refractivity contribution in [2.45, 2.75) is 25.8 Å². The highest BCUT2D eigenvalue weighted by Gasteiger charge is 2.32. The van der Waals surface area contributed by atoms with Crippen molar-refractivity contribution in [1.29, 1.82) is 0 Å². The molecule has 5 nitrogen and oxygen atoms in total. The van der Waals surface area contributed by atoms with Crippen LogP contribution in [-0.4, -0.2) is 21.7 Å². The zero-order valence-electron chi connectivity index (χ0n) is 12.6. The summed E-state index contributed by atoms with van der Waals surface area (Å²) in [7, 11) is 0. The van der Waals surface area contributed by atoms with Crippen LogP contribution in [0.5, 0.6) is 0 Å². The average molecular weight is 294 g/mol. The van der Waals surface area contributed by atoms with Crippen molar-refractivity contribution >= 4 is 12.1 Å². The van der Waals surface area contributed by atoms with E-state index in [0.29, 0.717) is 12.0 Å². The van der Waals surface area contributed by atoms with Crippen LogP contribution >= 0.6 is 0 Å². The van der Waals surface area contributed by atoms with E-state index >= 15 is 0 Å². The van der Waals surface area contributed by atoms with Gasteiger partial charge < -0.3 is 5.32 Å². The van der Waals surface area contributed by atoms with Crippen LogP contribution in [0, 0.1) is 13.8 Å². The number of nitrogens with one attached hydrogen (secondary N) is 2. The van der Waals surface area contributed by atoms with Gasteiger partial charge in [-0.05, 0) is 31.4 Å². The number of carbonyl (C=O) groups excluding carboxylic acids is 1. The number of hydrogen-bond acceptors (Lipinski definition) is 4. The summed E-state index contributed by atoms with van der Waals surface area (Å²) in [5.74, 6) is 0.718. The number of aryl methyl sites for hydroxylation is 2. The van der Waals surface area contributed by atoms with E-state index in [1.165, 1.54) is 5.56 Å². The Bertz CT molecular complexity index is 760. The number of aromatic nitrogens is 3. The number of H-pyrrole nitrogens is 1.